The molecule has 0 saturated heterocycles. The highest BCUT2D eigenvalue weighted by molar-refractivity contribution is 5.00. The van der Waals surface area contributed by atoms with Crippen molar-refractivity contribution in [1.29, 1.82) is 0 Å². The van der Waals surface area contributed by atoms with Crippen molar-refractivity contribution >= 4 is 0 Å². The fourth-order valence-corrected chi connectivity index (χ4v) is 5.72. The third kappa shape index (κ3) is 11.0. The largest absolute Gasteiger partial charge is 0.297 e. The minimum Gasteiger partial charge on any atom is -0.297 e. The van der Waals surface area contributed by atoms with E-state index in [2.05, 4.69) is 70.1 Å². The number of rotatable bonds is 24. The third-order valence-electron chi connectivity index (χ3n) is 7.70. The molecular weight excluding hydrogens is 402 g/mol. The number of unbranched alkanes of at least 4 members (excludes halogenated alkanes) is 6. The Morgan fingerprint density at radius 3 is 1.00 bits per heavy atom. The first kappa shape index (κ1) is 32.9. The summed E-state index contributed by atoms with van der Waals surface area (Å²) in [6.45, 7) is 26.7. The minimum absolute atomic E-state index is 0.158. The lowest BCUT2D eigenvalue weighted by molar-refractivity contribution is -0.124. The Hall–Kier alpha value is -0.120. The van der Waals surface area contributed by atoms with E-state index in [1.807, 2.05) is 0 Å². The standard InChI is InChI=1S/C30H65N3/c1-9-17-23-31(24-18-10-2)29(15-7)30(16-8,32(25-19-11-3)26-20-12-4)33(27-21-13-5)28-22-14-6/h29H,9-28H2,1-8H3. The molecule has 0 aromatic heterocycles. The van der Waals surface area contributed by atoms with Gasteiger partial charge in [0.15, 0.2) is 0 Å². The highest BCUT2D eigenvalue weighted by Gasteiger charge is 2.47. The maximum Gasteiger partial charge on any atom is 0.0894 e. The zero-order valence-corrected chi connectivity index (χ0v) is 24.6. The molecule has 0 aromatic rings. The highest BCUT2D eigenvalue weighted by Crippen LogP contribution is 2.36. The molecule has 1 atom stereocenters. The predicted molar refractivity (Wildman–Crippen MR) is 151 cm³/mol. The average molecular weight is 468 g/mol. The molecule has 0 heterocycles. The predicted octanol–water partition coefficient (Wildman–Crippen LogP) is 8.58. The second-order valence-corrected chi connectivity index (χ2v) is 10.3. The van der Waals surface area contributed by atoms with E-state index in [1.165, 1.54) is 129 Å². The molecule has 0 aliphatic carbocycles. The van der Waals surface area contributed by atoms with Crippen molar-refractivity contribution in [3.63, 3.8) is 0 Å². The summed E-state index contributed by atoms with van der Waals surface area (Å²) in [5.74, 6) is 0. The van der Waals surface area contributed by atoms with Gasteiger partial charge in [0.25, 0.3) is 0 Å². The zero-order chi connectivity index (χ0) is 25.0. The van der Waals surface area contributed by atoms with E-state index in [0.29, 0.717) is 6.04 Å². The number of hydrogen-bond donors (Lipinski definition) is 0. The molecule has 3 heteroatoms. The molecule has 1 unspecified atom stereocenters. The van der Waals surface area contributed by atoms with Gasteiger partial charge in [-0.3, -0.25) is 14.7 Å². The molecule has 0 bridgehead atoms. The summed E-state index contributed by atoms with van der Waals surface area (Å²) < 4.78 is 0. The molecule has 0 radical (unpaired) electrons. The molecule has 0 saturated carbocycles. The first-order valence-electron chi connectivity index (χ1n) is 15.3. The van der Waals surface area contributed by atoms with Gasteiger partial charge in [0, 0.05) is 6.04 Å². The molecule has 200 valence electrons. The number of nitrogens with zero attached hydrogens (tertiary/aromatic N) is 3. The quantitative estimate of drug-likeness (QED) is 0.132. The van der Waals surface area contributed by atoms with Crippen LogP contribution in [0.1, 0.15) is 145 Å². The smallest absolute Gasteiger partial charge is 0.0894 e. The van der Waals surface area contributed by atoms with Crippen molar-refractivity contribution in [2.24, 2.45) is 0 Å². The summed E-state index contributed by atoms with van der Waals surface area (Å²) >= 11 is 0. The van der Waals surface area contributed by atoms with Crippen molar-refractivity contribution in [2.75, 3.05) is 39.3 Å². The fourth-order valence-electron chi connectivity index (χ4n) is 5.72. The Kier molecular flexibility index (Phi) is 21.1. The van der Waals surface area contributed by atoms with Crippen LogP contribution in [0.5, 0.6) is 0 Å². The fraction of sp³-hybridized carbons (Fsp3) is 1.00. The second kappa shape index (κ2) is 21.2. The molecule has 0 fully saturated rings. The molecule has 0 rings (SSSR count). The van der Waals surface area contributed by atoms with Crippen molar-refractivity contribution in [2.45, 2.75) is 157 Å². The molecule has 0 N–H and O–H groups in total. The Morgan fingerprint density at radius 2 is 0.758 bits per heavy atom. The van der Waals surface area contributed by atoms with Crippen LogP contribution in [0.4, 0.5) is 0 Å². The minimum atomic E-state index is 0.158. The van der Waals surface area contributed by atoms with Gasteiger partial charge in [-0.1, -0.05) is 93.9 Å². The van der Waals surface area contributed by atoms with Crippen LogP contribution in [0.25, 0.3) is 0 Å². The Bertz CT molecular complexity index is 367. The van der Waals surface area contributed by atoms with E-state index >= 15 is 0 Å². The van der Waals surface area contributed by atoms with E-state index in [9.17, 15) is 0 Å². The van der Waals surface area contributed by atoms with Gasteiger partial charge in [-0.15, -0.1) is 0 Å². The van der Waals surface area contributed by atoms with Gasteiger partial charge >= 0.3 is 0 Å². The van der Waals surface area contributed by atoms with Crippen molar-refractivity contribution < 1.29 is 0 Å². The molecule has 33 heavy (non-hydrogen) atoms. The van der Waals surface area contributed by atoms with Crippen LogP contribution in [0.15, 0.2) is 0 Å². The van der Waals surface area contributed by atoms with Crippen LogP contribution in [0.2, 0.25) is 0 Å². The maximum absolute atomic E-state index is 2.99. The van der Waals surface area contributed by atoms with Crippen molar-refractivity contribution in [3.05, 3.63) is 0 Å². The van der Waals surface area contributed by atoms with Crippen molar-refractivity contribution in [3.8, 4) is 0 Å². The van der Waals surface area contributed by atoms with Crippen molar-refractivity contribution in [1.82, 2.24) is 14.7 Å². The maximum atomic E-state index is 2.99. The van der Waals surface area contributed by atoms with E-state index in [1.54, 1.807) is 0 Å². The summed E-state index contributed by atoms with van der Waals surface area (Å²) in [5, 5.41) is 0. The molecule has 0 aliphatic heterocycles. The molecule has 3 nitrogen and oxygen atoms in total. The van der Waals surface area contributed by atoms with Gasteiger partial charge in [-0.05, 0) is 90.6 Å². The van der Waals surface area contributed by atoms with Crippen LogP contribution < -0.4 is 0 Å². The first-order valence-corrected chi connectivity index (χ1v) is 15.3. The number of hydrogen-bond acceptors (Lipinski definition) is 3. The lowest BCUT2D eigenvalue weighted by atomic mass is 9.87. The van der Waals surface area contributed by atoms with Gasteiger partial charge in [-0.2, -0.15) is 0 Å². The summed E-state index contributed by atoms with van der Waals surface area (Å²) in [6, 6.07) is 0.614. The summed E-state index contributed by atoms with van der Waals surface area (Å²) in [7, 11) is 0. The molecule has 0 aliphatic rings. The SMILES string of the molecule is CCCCN(CCCC)C(CC)C(CC)(N(CCCC)CCCC)N(CCCC)CCCC. The zero-order valence-electron chi connectivity index (χ0n) is 24.6. The van der Waals surface area contributed by atoms with E-state index in [0.717, 1.165) is 0 Å². The monoisotopic (exact) mass is 468 g/mol. The average Bonchev–Trinajstić information content (AvgIpc) is 2.84. The van der Waals surface area contributed by atoms with Crippen LogP contribution in [0, 0.1) is 0 Å². The van der Waals surface area contributed by atoms with E-state index in [-0.39, 0.29) is 5.66 Å². The second-order valence-electron chi connectivity index (χ2n) is 10.3. The lowest BCUT2D eigenvalue weighted by Crippen LogP contribution is -2.71. The first-order chi connectivity index (χ1) is 16.1. The van der Waals surface area contributed by atoms with Gasteiger partial charge in [0.2, 0.25) is 0 Å². The van der Waals surface area contributed by atoms with Gasteiger partial charge in [0.1, 0.15) is 0 Å². The van der Waals surface area contributed by atoms with E-state index < -0.39 is 0 Å². The van der Waals surface area contributed by atoms with Gasteiger partial charge in [0.05, 0.1) is 5.66 Å². The van der Waals surface area contributed by atoms with Crippen LogP contribution in [-0.2, 0) is 0 Å². The molecule has 0 spiro atoms. The Labute approximate surface area is 211 Å². The van der Waals surface area contributed by atoms with E-state index in [4.69, 9.17) is 0 Å². The molecule has 0 aromatic carbocycles. The normalized spacial score (nSPS) is 13.5. The third-order valence-corrected chi connectivity index (χ3v) is 7.70. The van der Waals surface area contributed by atoms with Gasteiger partial charge in [-0.25, -0.2) is 0 Å². The Balaban J connectivity index is 6.58. The molecular formula is C30H65N3. The topological polar surface area (TPSA) is 9.72 Å². The Morgan fingerprint density at radius 1 is 0.455 bits per heavy atom. The van der Waals surface area contributed by atoms with Gasteiger partial charge < -0.3 is 0 Å². The summed E-state index contributed by atoms with van der Waals surface area (Å²) in [4.78, 5) is 8.92. The summed E-state index contributed by atoms with van der Waals surface area (Å²) in [5.41, 5.74) is 0.158. The van der Waals surface area contributed by atoms with Crippen LogP contribution in [0.3, 0.4) is 0 Å². The lowest BCUT2D eigenvalue weighted by Gasteiger charge is -2.58. The van der Waals surface area contributed by atoms with Crippen LogP contribution in [-0.4, -0.2) is 65.7 Å². The summed E-state index contributed by atoms with van der Waals surface area (Å²) in [6.07, 6.45) is 18.2. The van der Waals surface area contributed by atoms with Crippen LogP contribution >= 0.6 is 0 Å². The molecule has 0 amide bonds. The highest BCUT2D eigenvalue weighted by atomic mass is 15.4.